The van der Waals surface area contributed by atoms with E-state index in [9.17, 15) is 4.21 Å². The minimum absolute atomic E-state index is 0.884. The van der Waals surface area contributed by atoms with Crippen LogP contribution in [0.15, 0.2) is 120 Å². The predicted molar refractivity (Wildman–Crippen MR) is 128 cm³/mol. The first-order valence-corrected chi connectivity index (χ1v) is 13.2. The van der Waals surface area contributed by atoms with E-state index in [1.165, 1.54) is 21.5 Å². The molecule has 1 unspecified atom stereocenters. The van der Waals surface area contributed by atoms with Crippen molar-refractivity contribution < 1.29 is 4.21 Å². The van der Waals surface area contributed by atoms with Gasteiger partial charge >= 0.3 is 0 Å². The summed E-state index contributed by atoms with van der Waals surface area (Å²) in [5, 5.41) is 4.08. The highest BCUT2D eigenvalue weighted by Gasteiger charge is 2.45. The van der Waals surface area contributed by atoms with Gasteiger partial charge in [-0.15, -0.1) is 0 Å². The molecule has 0 saturated carbocycles. The van der Waals surface area contributed by atoms with Crippen molar-refractivity contribution in [3.05, 3.63) is 121 Å². The van der Waals surface area contributed by atoms with E-state index in [2.05, 4.69) is 103 Å². The van der Waals surface area contributed by atoms with Gasteiger partial charge in [-0.25, -0.2) is 0 Å². The summed E-state index contributed by atoms with van der Waals surface area (Å²) in [4.78, 5) is 0.884. The van der Waals surface area contributed by atoms with Gasteiger partial charge < -0.3 is 0 Å². The van der Waals surface area contributed by atoms with E-state index in [0.717, 1.165) is 11.1 Å². The van der Waals surface area contributed by atoms with E-state index in [0.29, 0.717) is 0 Å². The van der Waals surface area contributed by atoms with Crippen LogP contribution in [0.25, 0.3) is 0 Å². The third-order valence-electron chi connectivity index (χ3n) is 5.24. The van der Waals surface area contributed by atoms with Crippen molar-refractivity contribution in [1.82, 2.24) is 0 Å². The smallest absolute Gasteiger partial charge is 0.116 e. The number of rotatable bonds is 6. The first-order valence-electron chi connectivity index (χ1n) is 9.67. The monoisotopic (exact) mass is 415 g/mol. The number of hydrogen-bond donors (Lipinski definition) is 0. The number of hydrogen-bond acceptors (Lipinski definition) is 1. The third-order valence-corrected chi connectivity index (χ3v) is 10.5. The summed E-state index contributed by atoms with van der Waals surface area (Å²) in [6, 6.07) is 40.8. The van der Waals surface area contributed by atoms with Crippen molar-refractivity contribution in [2.24, 2.45) is 0 Å². The highest BCUT2D eigenvalue weighted by atomic mass is 32.2. The van der Waals surface area contributed by atoms with Crippen molar-refractivity contribution in [2.45, 2.75) is 11.1 Å². The zero-order valence-corrected chi connectivity index (χ0v) is 18.2. The maximum Gasteiger partial charge on any atom is 0.116 e. The lowest BCUT2D eigenvalue weighted by atomic mass is 10.2. The van der Waals surface area contributed by atoms with Gasteiger partial charge in [0.2, 0.25) is 0 Å². The van der Waals surface area contributed by atoms with Crippen LogP contribution in [-0.4, -0.2) is 10.5 Å². The fraction of sp³-hybridized carbons (Fsp3) is 0.0769. The lowest BCUT2D eigenvalue weighted by Gasteiger charge is -2.28. The summed E-state index contributed by atoms with van der Waals surface area (Å²) in [7, 11) is -2.91. The summed E-state index contributed by atoms with van der Waals surface area (Å²) >= 11 is 0. The molecule has 0 aliphatic heterocycles. The molecule has 0 spiro atoms. The molecule has 0 amide bonds. The summed E-state index contributed by atoms with van der Waals surface area (Å²) in [5.74, 6) is 0. The van der Waals surface area contributed by atoms with E-state index in [4.69, 9.17) is 0 Å². The molecule has 0 aliphatic rings. The average Bonchev–Trinajstić information content (AvgIpc) is 2.79. The zero-order chi connectivity index (χ0) is 20.1. The van der Waals surface area contributed by atoms with Crippen LogP contribution < -0.4 is 15.9 Å². The Bertz CT molecular complexity index is 998. The summed E-state index contributed by atoms with van der Waals surface area (Å²) in [6.07, 6.45) is 2.64. The molecule has 0 heterocycles. The normalized spacial score (nSPS) is 12.4. The fourth-order valence-electron chi connectivity index (χ4n) is 3.87. The van der Waals surface area contributed by atoms with E-state index in [1.54, 1.807) is 6.26 Å². The van der Waals surface area contributed by atoms with Gasteiger partial charge in [0.15, 0.2) is 0 Å². The maximum absolute atomic E-state index is 12.1. The van der Waals surface area contributed by atoms with E-state index < -0.39 is 18.1 Å². The van der Waals surface area contributed by atoms with Gasteiger partial charge in [-0.2, -0.15) is 0 Å². The van der Waals surface area contributed by atoms with Crippen LogP contribution in [-0.2, 0) is 17.0 Å². The Morgan fingerprint density at radius 1 is 0.621 bits per heavy atom. The second-order valence-corrected chi connectivity index (χ2v) is 11.9. The largest absolute Gasteiger partial charge is 0.255 e. The Kier molecular flexibility index (Phi) is 6.04. The van der Waals surface area contributed by atoms with Gasteiger partial charge in [0, 0.05) is 22.0 Å². The molecule has 1 atom stereocenters. The maximum atomic E-state index is 12.1. The SMILES string of the molecule is CS(=O)c1cccc(C[P+](c2ccccc2)(c2ccccc2)c2ccccc2)c1. The zero-order valence-electron chi connectivity index (χ0n) is 16.4. The number of benzene rings is 4. The highest BCUT2D eigenvalue weighted by Crippen LogP contribution is 2.58. The second kappa shape index (κ2) is 8.86. The Morgan fingerprint density at radius 3 is 1.48 bits per heavy atom. The molecule has 3 heteroatoms. The molecule has 0 saturated heterocycles. The Morgan fingerprint density at radius 2 is 1.07 bits per heavy atom. The summed E-state index contributed by atoms with van der Waals surface area (Å²) < 4.78 is 12.1. The minimum Gasteiger partial charge on any atom is -0.255 e. The average molecular weight is 416 g/mol. The van der Waals surface area contributed by atoms with Crippen molar-refractivity contribution in [1.29, 1.82) is 0 Å². The van der Waals surface area contributed by atoms with Crippen LogP contribution in [0.5, 0.6) is 0 Å². The molecule has 4 aromatic carbocycles. The van der Waals surface area contributed by atoms with Gasteiger partial charge in [-0.3, -0.25) is 4.21 Å². The van der Waals surface area contributed by atoms with Crippen molar-refractivity contribution in [2.75, 3.05) is 6.26 Å². The first kappa shape index (κ1) is 19.8. The Balaban J connectivity index is 1.98. The summed E-state index contributed by atoms with van der Waals surface area (Å²) in [5.41, 5.74) is 1.22. The molecule has 1 nitrogen and oxygen atoms in total. The standard InChI is InChI=1S/C26H24OPS/c1-29(27)26-19-11-12-22(20-26)21-28(23-13-5-2-6-14-23,24-15-7-3-8-16-24)25-17-9-4-10-18-25/h2-20H,21H2,1H3/q+1. The van der Waals surface area contributed by atoms with Crippen LogP contribution >= 0.6 is 7.26 Å². The van der Waals surface area contributed by atoms with Crippen LogP contribution in [0.3, 0.4) is 0 Å². The van der Waals surface area contributed by atoms with E-state index in [-0.39, 0.29) is 0 Å². The minimum atomic E-state index is -1.92. The van der Waals surface area contributed by atoms with Crippen molar-refractivity contribution in [3.63, 3.8) is 0 Å². The van der Waals surface area contributed by atoms with Crippen molar-refractivity contribution >= 4 is 34.0 Å². The molecule has 0 aliphatic carbocycles. The van der Waals surface area contributed by atoms with Gasteiger partial charge in [0.1, 0.15) is 23.2 Å². The molecule has 29 heavy (non-hydrogen) atoms. The molecule has 4 rings (SSSR count). The van der Waals surface area contributed by atoms with Gasteiger partial charge in [0.05, 0.1) is 6.16 Å². The van der Waals surface area contributed by atoms with E-state index in [1.807, 2.05) is 12.1 Å². The van der Waals surface area contributed by atoms with Crippen LogP contribution in [0.1, 0.15) is 5.56 Å². The highest BCUT2D eigenvalue weighted by molar-refractivity contribution is 7.95. The molecule has 144 valence electrons. The van der Waals surface area contributed by atoms with Crippen LogP contribution in [0.2, 0.25) is 0 Å². The molecule has 4 aromatic rings. The van der Waals surface area contributed by atoms with Crippen LogP contribution in [0.4, 0.5) is 0 Å². The van der Waals surface area contributed by atoms with E-state index >= 15 is 0 Å². The second-order valence-electron chi connectivity index (χ2n) is 7.08. The fourth-order valence-corrected chi connectivity index (χ4v) is 8.68. The van der Waals surface area contributed by atoms with Gasteiger partial charge in [-0.1, -0.05) is 66.7 Å². The molecular weight excluding hydrogens is 391 g/mol. The lowest BCUT2D eigenvalue weighted by Crippen LogP contribution is -2.32. The van der Waals surface area contributed by atoms with Gasteiger partial charge in [-0.05, 0) is 54.1 Å². The summed E-state index contributed by atoms with van der Waals surface area (Å²) in [6.45, 7) is 0. The third kappa shape index (κ3) is 4.10. The molecule has 0 N–H and O–H groups in total. The molecule has 0 fully saturated rings. The topological polar surface area (TPSA) is 17.1 Å². The molecule has 0 aromatic heterocycles. The Labute approximate surface area is 176 Å². The van der Waals surface area contributed by atoms with Crippen LogP contribution in [0, 0.1) is 0 Å². The molecule has 0 bridgehead atoms. The predicted octanol–water partition coefficient (Wildman–Crippen LogP) is 4.92. The first-order chi connectivity index (χ1) is 14.2. The quantitative estimate of drug-likeness (QED) is 0.409. The lowest BCUT2D eigenvalue weighted by molar-refractivity contribution is 0.686. The molecule has 0 radical (unpaired) electrons. The van der Waals surface area contributed by atoms with Gasteiger partial charge in [0.25, 0.3) is 0 Å². The molecular formula is C26H24OPS+. The van der Waals surface area contributed by atoms with Crippen molar-refractivity contribution in [3.8, 4) is 0 Å². The Hall–Kier alpha value is -2.54.